The summed E-state index contributed by atoms with van der Waals surface area (Å²) in [4.78, 5) is 0. The molecule has 0 amide bonds. The van der Waals surface area contributed by atoms with Crippen LogP contribution in [0.25, 0.3) is 0 Å². The highest BCUT2D eigenvalue weighted by atomic mass is 14.6. The Balaban J connectivity index is 1.64. The second-order valence-electron chi connectivity index (χ2n) is 10.4. The Hall–Kier alpha value is -0.520. The van der Waals surface area contributed by atoms with Crippen LogP contribution in [0.2, 0.25) is 0 Å². The molecule has 4 rings (SSSR count). The Morgan fingerprint density at radius 3 is 2.62 bits per heavy atom. The fourth-order valence-corrected chi connectivity index (χ4v) is 7.05. The van der Waals surface area contributed by atoms with Gasteiger partial charge in [0, 0.05) is 0 Å². The van der Waals surface area contributed by atoms with Crippen molar-refractivity contribution >= 4 is 0 Å². The maximum Gasteiger partial charge on any atom is -0.00819 e. The molecule has 0 spiro atoms. The summed E-state index contributed by atoms with van der Waals surface area (Å²) in [5, 5.41) is 0. The van der Waals surface area contributed by atoms with Gasteiger partial charge in [-0.2, -0.15) is 0 Å². The predicted octanol–water partition coefficient (Wildman–Crippen LogP) is 7.31. The lowest BCUT2D eigenvalue weighted by atomic mass is 9.55. The first kappa shape index (κ1) is 16.9. The highest BCUT2D eigenvalue weighted by Crippen LogP contribution is 2.64. The van der Waals surface area contributed by atoms with Crippen LogP contribution in [0.3, 0.4) is 0 Å². The van der Waals surface area contributed by atoms with Gasteiger partial charge in [0.05, 0.1) is 0 Å². The van der Waals surface area contributed by atoms with E-state index in [1.807, 2.05) is 11.1 Å². The molecular formula is C24H38. The summed E-state index contributed by atoms with van der Waals surface area (Å²) in [5.41, 5.74) is 6.51. The number of hydrogen-bond donors (Lipinski definition) is 0. The standard InChI is InChI=1S/C24H38/c1-6-7-17-10-13-24(5)18(14-17)8-9-20-19-11-12-23(3,4)16(2)21(19)15-22(20)24/h8,17,19-20,22H,6-7,9-15H2,1-5H3. The fraction of sp³-hybridized carbons (Fsp3) is 0.833. The average molecular weight is 327 g/mol. The van der Waals surface area contributed by atoms with Gasteiger partial charge in [-0.1, -0.05) is 63.3 Å². The fourth-order valence-electron chi connectivity index (χ4n) is 7.05. The quantitative estimate of drug-likeness (QED) is 0.467. The summed E-state index contributed by atoms with van der Waals surface area (Å²) in [5.74, 6) is 3.81. The molecule has 4 aliphatic carbocycles. The van der Waals surface area contributed by atoms with E-state index >= 15 is 0 Å². The van der Waals surface area contributed by atoms with E-state index in [2.05, 4.69) is 40.7 Å². The van der Waals surface area contributed by atoms with Gasteiger partial charge in [0.15, 0.2) is 0 Å². The van der Waals surface area contributed by atoms with E-state index in [1.54, 1.807) is 5.57 Å². The zero-order chi connectivity index (χ0) is 17.1. The zero-order valence-corrected chi connectivity index (χ0v) is 16.8. The van der Waals surface area contributed by atoms with Crippen LogP contribution in [0.5, 0.6) is 0 Å². The molecule has 0 radical (unpaired) electrons. The van der Waals surface area contributed by atoms with E-state index in [4.69, 9.17) is 0 Å². The summed E-state index contributed by atoms with van der Waals surface area (Å²) in [6.07, 6.45) is 15.6. The topological polar surface area (TPSA) is 0 Å². The van der Waals surface area contributed by atoms with Crippen molar-refractivity contribution in [1.82, 2.24) is 0 Å². The molecule has 2 saturated carbocycles. The molecule has 0 aliphatic heterocycles. The molecule has 24 heavy (non-hydrogen) atoms. The van der Waals surface area contributed by atoms with Crippen molar-refractivity contribution in [3.05, 3.63) is 22.8 Å². The Bertz CT molecular complexity index is 575. The van der Waals surface area contributed by atoms with Crippen LogP contribution in [0.15, 0.2) is 22.8 Å². The Labute approximate surface area is 150 Å². The van der Waals surface area contributed by atoms with Gasteiger partial charge in [0.1, 0.15) is 0 Å². The van der Waals surface area contributed by atoms with E-state index in [9.17, 15) is 0 Å². The summed E-state index contributed by atoms with van der Waals surface area (Å²) in [6, 6.07) is 0. The molecule has 0 aromatic rings. The normalized spacial score (nSPS) is 43.8. The molecule has 0 bridgehead atoms. The van der Waals surface area contributed by atoms with Gasteiger partial charge in [-0.3, -0.25) is 0 Å². The highest BCUT2D eigenvalue weighted by Gasteiger charge is 2.54. The van der Waals surface area contributed by atoms with Gasteiger partial charge in [-0.15, -0.1) is 0 Å². The van der Waals surface area contributed by atoms with Crippen molar-refractivity contribution in [3.63, 3.8) is 0 Å². The average Bonchev–Trinajstić information content (AvgIpc) is 2.92. The van der Waals surface area contributed by atoms with Gasteiger partial charge < -0.3 is 0 Å². The maximum absolute atomic E-state index is 2.72. The van der Waals surface area contributed by atoms with Crippen molar-refractivity contribution in [2.75, 3.05) is 0 Å². The third kappa shape index (κ3) is 2.38. The lowest BCUT2D eigenvalue weighted by molar-refractivity contribution is 0.0943. The largest absolute Gasteiger partial charge is 0.0845 e. The molecule has 5 atom stereocenters. The second-order valence-corrected chi connectivity index (χ2v) is 10.4. The molecule has 0 nitrogen and oxygen atoms in total. The van der Waals surface area contributed by atoms with Gasteiger partial charge in [0.25, 0.3) is 0 Å². The molecule has 0 heteroatoms. The Kier molecular flexibility index (Phi) is 4.05. The van der Waals surface area contributed by atoms with Crippen LogP contribution < -0.4 is 0 Å². The van der Waals surface area contributed by atoms with Crippen molar-refractivity contribution < 1.29 is 0 Å². The first-order valence-electron chi connectivity index (χ1n) is 10.8. The summed E-state index contributed by atoms with van der Waals surface area (Å²) < 4.78 is 0. The van der Waals surface area contributed by atoms with Crippen molar-refractivity contribution in [3.8, 4) is 0 Å². The van der Waals surface area contributed by atoms with E-state index in [0.29, 0.717) is 10.8 Å². The van der Waals surface area contributed by atoms with E-state index in [-0.39, 0.29) is 0 Å². The van der Waals surface area contributed by atoms with Crippen LogP contribution in [-0.4, -0.2) is 0 Å². The smallest absolute Gasteiger partial charge is 0.00819 e. The second kappa shape index (κ2) is 5.75. The van der Waals surface area contributed by atoms with Crippen LogP contribution in [0.4, 0.5) is 0 Å². The van der Waals surface area contributed by atoms with Crippen molar-refractivity contribution in [1.29, 1.82) is 0 Å². The predicted molar refractivity (Wildman–Crippen MR) is 104 cm³/mol. The minimum absolute atomic E-state index is 0.454. The molecule has 0 heterocycles. The first-order valence-corrected chi connectivity index (χ1v) is 10.8. The van der Waals surface area contributed by atoms with E-state index in [1.165, 1.54) is 57.8 Å². The summed E-state index contributed by atoms with van der Waals surface area (Å²) in [7, 11) is 0. The Morgan fingerprint density at radius 2 is 1.88 bits per heavy atom. The Morgan fingerprint density at radius 1 is 1.08 bits per heavy atom. The molecule has 0 aromatic heterocycles. The van der Waals surface area contributed by atoms with Crippen molar-refractivity contribution in [2.45, 2.75) is 92.4 Å². The molecule has 0 N–H and O–H groups in total. The molecular weight excluding hydrogens is 288 g/mol. The monoisotopic (exact) mass is 326 g/mol. The molecule has 134 valence electrons. The number of hydrogen-bond acceptors (Lipinski definition) is 0. The van der Waals surface area contributed by atoms with Crippen LogP contribution in [0.1, 0.15) is 92.4 Å². The van der Waals surface area contributed by atoms with Crippen LogP contribution in [0, 0.1) is 34.5 Å². The van der Waals surface area contributed by atoms with Gasteiger partial charge in [-0.25, -0.2) is 0 Å². The highest BCUT2D eigenvalue weighted by molar-refractivity contribution is 5.34. The van der Waals surface area contributed by atoms with Crippen LogP contribution >= 0.6 is 0 Å². The molecule has 4 aliphatic rings. The molecule has 0 saturated heterocycles. The SMILES string of the molecule is CCCC1CCC2(C)C(=CCC3C4CCC(C)(C)C(C)=C4CC32)C1. The summed E-state index contributed by atoms with van der Waals surface area (Å²) >= 11 is 0. The van der Waals surface area contributed by atoms with E-state index in [0.717, 1.165) is 23.7 Å². The number of rotatable bonds is 2. The molecule has 2 fully saturated rings. The molecule has 0 aromatic carbocycles. The third-order valence-corrected chi connectivity index (χ3v) is 8.96. The number of fused-ring (bicyclic) bond motifs is 5. The van der Waals surface area contributed by atoms with Gasteiger partial charge >= 0.3 is 0 Å². The minimum Gasteiger partial charge on any atom is -0.0845 e. The lowest BCUT2D eigenvalue weighted by Crippen LogP contribution is -2.40. The first-order chi connectivity index (χ1) is 11.4. The lowest BCUT2D eigenvalue weighted by Gasteiger charge is -2.49. The molecule has 5 unspecified atom stereocenters. The van der Waals surface area contributed by atoms with E-state index < -0.39 is 0 Å². The maximum atomic E-state index is 2.72. The third-order valence-electron chi connectivity index (χ3n) is 8.96. The van der Waals surface area contributed by atoms with Crippen molar-refractivity contribution in [2.24, 2.45) is 34.5 Å². The zero-order valence-electron chi connectivity index (χ0n) is 16.8. The minimum atomic E-state index is 0.454. The summed E-state index contributed by atoms with van der Waals surface area (Å²) in [6.45, 7) is 12.4. The number of allylic oxidation sites excluding steroid dienone is 4. The van der Waals surface area contributed by atoms with Gasteiger partial charge in [0.2, 0.25) is 0 Å². The van der Waals surface area contributed by atoms with Gasteiger partial charge in [-0.05, 0) is 86.4 Å². The van der Waals surface area contributed by atoms with Crippen LogP contribution in [-0.2, 0) is 0 Å².